The van der Waals surface area contributed by atoms with Crippen LogP contribution in [0.25, 0.3) is 11.0 Å². The number of phenols is 1. The number of aromatic hydroxyl groups is 1. The van der Waals surface area contributed by atoms with E-state index in [4.69, 9.17) is 20.8 Å². The number of carbonyl (C=O) groups excluding carboxylic acids is 1. The van der Waals surface area contributed by atoms with Crippen molar-refractivity contribution >= 4 is 34.3 Å². The number of aromatic nitrogens is 1. The van der Waals surface area contributed by atoms with Crippen LogP contribution in [0.15, 0.2) is 70.0 Å². The second-order valence-electron chi connectivity index (χ2n) is 7.01. The Morgan fingerprint density at radius 2 is 1.94 bits per heavy atom. The van der Waals surface area contributed by atoms with Crippen molar-refractivity contribution in [1.29, 1.82) is 0 Å². The van der Waals surface area contributed by atoms with Gasteiger partial charge in [0.05, 0.1) is 29.1 Å². The number of carbonyl (C=O) groups is 1. The number of rotatable bonds is 3. The fraction of sp³-hybridized carbons (Fsp3) is 0.0870. The lowest BCUT2D eigenvalue weighted by Crippen LogP contribution is -2.30. The first kappa shape index (κ1) is 19.1. The minimum absolute atomic E-state index is 0.0440. The van der Waals surface area contributed by atoms with Gasteiger partial charge in [-0.25, -0.2) is 4.98 Å². The number of nitrogens with zero attached hydrogens (tertiary/aromatic N) is 2. The number of anilines is 1. The number of methoxy groups -OCH3 is 1. The smallest absolute Gasteiger partial charge is 0.296 e. The molecule has 0 aliphatic carbocycles. The number of hydrogen-bond donors (Lipinski definition) is 1. The molecule has 4 aromatic rings. The molecule has 1 N–H and O–H groups in total. The molecule has 0 bridgehead atoms. The van der Waals surface area contributed by atoms with Crippen LogP contribution in [0, 0.1) is 0 Å². The van der Waals surface area contributed by atoms with E-state index < -0.39 is 11.9 Å². The van der Waals surface area contributed by atoms with Crippen LogP contribution in [0.4, 0.5) is 5.82 Å². The van der Waals surface area contributed by atoms with E-state index in [2.05, 4.69) is 4.98 Å². The van der Waals surface area contributed by atoms with Crippen LogP contribution < -0.4 is 15.1 Å². The second kappa shape index (κ2) is 7.14. The van der Waals surface area contributed by atoms with E-state index in [-0.39, 0.29) is 28.3 Å². The second-order valence-corrected chi connectivity index (χ2v) is 7.45. The zero-order valence-electron chi connectivity index (χ0n) is 16.2. The zero-order valence-corrected chi connectivity index (χ0v) is 17.0. The Balaban J connectivity index is 1.81. The summed E-state index contributed by atoms with van der Waals surface area (Å²) in [7, 11) is 1.42. The highest BCUT2D eigenvalue weighted by Crippen LogP contribution is 2.42. The molecule has 2 aromatic heterocycles. The Kier molecular flexibility index (Phi) is 4.41. The number of halogens is 1. The van der Waals surface area contributed by atoms with E-state index in [9.17, 15) is 14.7 Å². The van der Waals surface area contributed by atoms with Gasteiger partial charge in [0, 0.05) is 6.20 Å². The molecular weight excluding hydrogens is 420 g/mol. The van der Waals surface area contributed by atoms with E-state index in [1.165, 1.54) is 24.3 Å². The highest BCUT2D eigenvalue weighted by atomic mass is 35.5. The van der Waals surface area contributed by atoms with Crippen LogP contribution in [-0.2, 0) is 0 Å². The molecule has 3 heterocycles. The quantitative estimate of drug-likeness (QED) is 0.516. The van der Waals surface area contributed by atoms with Crippen molar-refractivity contribution in [3.63, 3.8) is 0 Å². The molecule has 154 valence electrons. The number of amides is 1. The molecule has 0 radical (unpaired) electrons. The first-order chi connectivity index (χ1) is 15.0. The minimum Gasteiger partial charge on any atom is -0.504 e. The molecule has 31 heavy (non-hydrogen) atoms. The SMILES string of the molecule is COc1cc(C2c3c(oc4ccccc4c3=O)C(=O)N2c2ccc(Cl)cn2)ccc1O. The number of pyridine rings is 1. The third-order valence-electron chi connectivity index (χ3n) is 5.26. The standard InChI is InChI=1S/C23H15ClN2O5/c1-30-17-10-12(6-8-15(17)27)20-19-21(28)14-4-2-3-5-16(14)31-22(19)23(29)26(20)18-9-7-13(24)11-25-18/h2-11,20,27H,1H3. The molecule has 2 aromatic carbocycles. The van der Waals surface area contributed by atoms with Crippen molar-refractivity contribution in [3.05, 3.63) is 92.9 Å². The van der Waals surface area contributed by atoms with Crippen molar-refractivity contribution in [2.45, 2.75) is 6.04 Å². The zero-order chi connectivity index (χ0) is 21.7. The summed E-state index contributed by atoms with van der Waals surface area (Å²) in [6, 6.07) is 13.8. The summed E-state index contributed by atoms with van der Waals surface area (Å²) in [5.41, 5.74) is 0.778. The van der Waals surface area contributed by atoms with E-state index in [0.29, 0.717) is 27.4 Å². The monoisotopic (exact) mass is 434 g/mol. The Hall–Kier alpha value is -3.84. The molecule has 0 fully saturated rings. The summed E-state index contributed by atoms with van der Waals surface area (Å²) < 4.78 is 11.1. The van der Waals surface area contributed by atoms with Gasteiger partial charge in [-0.05, 0) is 42.0 Å². The summed E-state index contributed by atoms with van der Waals surface area (Å²) in [6.45, 7) is 0. The van der Waals surface area contributed by atoms with Gasteiger partial charge in [0.2, 0.25) is 5.76 Å². The number of hydrogen-bond acceptors (Lipinski definition) is 6. The molecule has 7 nitrogen and oxygen atoms in total. The minimum atomic E-state index is -0.827. The van der Waals surface area contributed by atoms with Crippen molar-refractivity contribution in [2.24, 2.45) is 0 Å². The molecule has 1 atom stereocenters. The summed E-state index contributed by atoms with van der Waals surface area (Å²) in [6.07, 6.45) is 1.42. The summed E-state index contributed by atoms with van der Waals surface area (Å²) in [4.78, 5) is 32.5. The highest BCUT2D eigenvalue weighted by Gasteiger charge is 2.44. The lowest BCUT2D eigenvalue weighted by molar-refractivity contribution is 0.0970. The maximum Gasteiger partial charge on any atom is 0.296 e. The van der Waals surface area contributed by atoms with Crippen LogP contribution >= 0.6 is 11.6 Å². The molecule has 1 aliphatic rings. The predicted molar refractivity (Wildman–Crippen MR) is 115 cm³/mol. The van der Waals surface area contributed by atoms with Crippen molar-refractivity contribution in [1.82, 2.24) is 4.98 Å². The van der Waals surface area contributed by atoms with Gasteiger partial charge in [-0.1, -0.05) is 29.8 Å². The molecule has 0 saturated heterocycles. The lowest BCUT2D eigenvalue weighted by atomic mass is 9.98. The molecule has 5 rings (SSSR count). The summed E-state index contributed by atoms with van der Waals surface area (Å²) >= 11 is 5.97. The average molecular weight is 435 g/mol. The molecule has 1 unspecified atom stereocenters. The first-order valence-electron chi connectivity index (χ1n) is 9.37. The van der Waals surface area contributed by atoms with Gasteiger partial charge in [-0.2, -0.15) is 0 Å². The topological polar surface area (TPSA) is 92.9 Å². The Morgan fingerprint density at radius 3 is 2.68 bits per heavy atom. The van der Waals surface area contributed by atoms with Gasteiger partial charge in [-0.3, -0.25) is 14.5 Å². The maximum atomic E-state index is 13.4. The number of benzene rings is 2. The first-order valence-corrected chi connectivity index (χ1v) is 9.75. The third kappa shape index (κ3) is 2.93. The van der Waals surface area contributed by atoms with Gasteiger partial charge in [-0.15, -0.1) is 0 Å². The van der Waals surface area contributed by atoms with Crippen molar-refractivity contribution < 1.29 is 19.1 Å². The third-order valence-corrected chi connectivity index (χ3v) is 5.48. The summed E-state index contributed by atoms with van der Waals surface area (Å²) in [5, 5.41) is 10.8. The molecule has 1 aliphatic heterocycles. The number of fused-ring (bicyclic) bond motifs is 2. The number of ether oxygens (including phenoxy) is 1. The summed E-state index contributed by atoms with van der Waals surface area (Å²) in [5.74, 6) is -0.0754. The van der Waals surface area contributed by atoms with Gasteiger partial charge in [0.25, 0.3) is 5.91 Å². The highest BCUT2D eigenvalue weighted by molar-refractivity contribution is 6.30. The predicted octanol–water partition coefficient (Wildman–Crippen LogP) is 4.31. The Labute approximate surface area is 181 Å². The molecule has 8 heteroatoms. The van der Waals surface area contributed by atoms with Gasteiger partial charge in [0.15, 0.2) is 16.9 Å². The lowest BCUT2D eigenvalue weighted by Gasteiger charge is -2.24. The van der Waals surface area contributed by atoms with Crippen LogP contribution in [0.5, 0.6) is 11.5 Å². The fourth-order valence-corrected chi connectivity index (χ4v) is 3.96. The van der Waals surface area contributed by atoms with Crippen molar-refractivity contribution in [2.75, 3.05) is 12.0 Å². The van der Waals surface area contributed by atoms with E-state index in [1.54, 1.807) is 48.5 Å². The van der Waals surface area contributed by atoms with Gasteiger partial charge < -0.3 is 14.3 Å². The fourth-order valence-electron chi connectivity index (χ4n) is 3.85. The van der Waals surface area contributed by atoms with Crippen LogP contribution in [0.2, 0.25) is 5.02 Å². The van der Waals surface area contributed by atoms with E-state index in [0.717, 1.165) is 0 Å². The molecular formula is C23H15ClN2O5. The van der Waals surface area contributed by atoms with Crippen molar-refractivity contribution in [3.8, 4) is 11.5 Å². The number of phenolic OH excluding ortho intramolecular Hbond substituents is 1. The Bertz CT molecular complexity index is 1400. The van der Waals surface area contributed by atoms with Crippen LogP contribution in [-0.4, -0.2) is 23.1 Å². The average Bonchev–Trinajstić information content (AvgIpc) is 3.07. The maximum absolute atomic E-state index is 13.4. The van der Waals surface area contributed by atoms with Gasteiger partial charge >= 0.3 is 0 Å². The Morgan fingerprint density at radius 1 is 1.13 bits per heavy atom. The normalized spacial score (nSPS) is 15.4. The number of para-hydroxylation sites is 1. The van der Waals surface area contributed by atoms with Crippen LogP contribution in [0.3, 0.4) is 0 Å². The largest absolute Gasteiger partial charge is 0.504 e. The van der Waals surface area contributed by atoms with Crippen LogP contribution in [0.1, 0.15) is 27.7 Å². The van der Waals surface area contributed by atoms with E-state index in [1.807, 2.05) is 0 Å². The van der Waals surface area contributed by atoms with E-state index >= 15 is 0 Å². The molecule has 1 amide bonds. The molecule has 0 spiro atoms. The van der Waals surface area contributed by atoms with Gasteiger partial charge in [0.1, 0.15) is 11.4 Å². The molecule has 0 saturated carbocycles.